The first-order valence-electron chi connectivity index (χ1n) is 8.38. The molecule has 2 aromatic carbocycles. The zero-order chi connectivity index (χ0) is 18.5. The van der Waals surface area contributed by atoms with Crippen LogP contribution in [0.1, 0.15) is 28.8 Å². The van der Waals surface area contributed by atoms with E-state index in [1.54, 1.807) is 42.5 Å². The molecule has 0 unspecified atom stereocenters. The normalized spacial score (nSPS) is 13.3. The number of nitrogens with zero attached hydrogens (tertiary/aromatic N) is 2. The molecule has 2 aromatic rings. The Kier molecular flexibility index (Phi) is 5.67. The molecule has 0 bridgehead atoms. The summed E-state index contributed by atoms with van der Waals surface area (Å²) in [6.45, 7) is 0.342. The van der Waals surface area contributed by atoms with Crippen LogP contribution in [0.4, 0.5) is 5.69 Å². The average molecular weight is 368 g/mol. The summed E-state index contributed by atoms with van der Waals surface area (Å²) in [5.74, 6) is -0.462. The number of ketones is 1. The molecule has 1 fully saturated rings. The molecule has 0 saturated heterocycles. The third-order valence-electron chi connectivity index (χ3n) is 4.22. The minimum Gasteiger partial charge on any atom is -0.324 e. The van der Waals surface area contributed by atoms with Gasteiger partial charge in [-0.2, -0.15) is 5.26 Å². The second-order valence-corrected chi connectivity index (χ2v) is 6.66. The molecule has 1 saturated carbocycles. The van der Waals surface area contributed by atoms with E-state index in [0.29, 0.717) is 27.9 Å². The van der Waals surface area contributed by atoms with Gasteiger partial charge in [0, 0.05) is 22.2 Å². The van der Waals surface area contributed by atoms with Crippen molar-refractivity contribution in [3.8, 4) is 6.07 Å². The fourth-order valence-electron chi connectivity index (χ4n) is 2.78. The fourth-order valence-corrected chi connectivity index (χ4v) is 2.95. The van der Waals surface area contributed by atoms with Gasteiger partial charge >= 0.3 is 0 Å². The van der Waals surface area contributed by atoms with Crippen LogP contribution in [-0.2, 0) is 4.79 Å². The van der Waals surface area contributed by atoms with Gasteiger partial charge in [-0.25, -0.2) is 0 Å². The predicted molar refractivity (Wildman–Crippen MR) is 100 cm³/mol. The number of carbonyl (C=O) groups excluding carboxylic acids is 2. The number of benzene rings is 2. The summed E-state index contributed by atoms with van der Waals surface area (Å²) in [4.78, 5) is 27.1. The van der Waals surface area contributed by atoms with Crippen LogP contribution in [0.5, 0.6) is 0 Å². The van der Waals surface area contributed by atoms with Gasteiger partial charge in [-0.05, 0) is 31.0 Å². The molecule has 5 nitrogen and oxygen atoms in total. The van der Waals surface area contributed by atoms with Crippen LogP contribution in [0.15, 0.2) is 48.5 Å². The van der Waals surface area contributed by atoms with Crippen molar-refractivity contribution in [2.45, 2.75) is 18.9 Å². The zero-order valence-electron chi connectivity index (χ0n) is 14.1. The summed E-state index contributed by atoms with van der Waals surface area (Å²) < 4.78 is 0. The number of hydrogen-bond acceptors (Lipinski definition) is 4. The van der Waals surface area contributed by atoms with E-state index >= 15 is 0 Å². The molecule has 1 aliphatic rings. The molecular formula is C20H18ClN3O2. The maximum Gasteiger partial charge on any atom is 0.238 e. The van der Waals surface area contributed by atoms with Crippen molar-refractivity contribution < 1.29 is 9.59 Å². The molecule has 26 heavy (non-hydrogen) atoms. The Labute approximate surface area is 157 Å². The highest BCUT2D eigenvalue weighted by Crippen LogP contribution is 2.27. The Bertz CT molecular complexity index is 857. The van der Waals surface area contributed by atoms with Crippen molar-refractivity contribution in [2.24, 2.45) is 0 Å². The molecule has 3 rings (SSSR count). The average Bonchev–Trinajstić information content (AvgIpc) is 3.48. The van der Waals surface area contributed by atoms with Gasteiger partial charge in [-0.1, -0.05) is 41.9 Å². The SMILES string of the molecule is N#CCN(CC(=O)Nc1ccc(Cl)cc1C(=O)c1ccccc1)C1CC1. The second kappa shape index (κ2) is 8.13. The Morgan fingerprint density at radius 1 is 1.19 bits per heavy atom. The first kappa shape index (κ1) is 18.1. The Morgan fingerprint density at radius 2 is 1.92 bits per heavy atom. The van der Waals surface area contributed by atoms with Crippen LogP contribution < -0.4 is 5.32 Å². The lowest BCUT2D eigenvalue weighted by atomic mass is 10.0. The third kappa shape index (κ3) is 4.48. The van der Waals surface area contributed by atoms with E-state index in [1.165, 1.54) is 0 Å². The van der Waals surface area contributed by atoms with E-state index in [2.05, 4.69) is 11.4 Å². The summed E-state index contributed by atoms with van der Waals surface area (Å²) >= 11 is 6.05. The van der Waals surface area contributed by atoms with Crippen LogP contribution >= 0.6 is 11.6 Å². The molecule has 1 N–H and O–H groups in total. The number of carbonyl (C=O) groups is 2. The standard InChI is InChI=1S/C20H18ClN3O2/c21-15-6-9-18(17(12-15)20(26)14-4-2-1-3-5-14)23-19(25)13-24(11-10-22)16-7-8-16/h1-6,9,12,16H,7-8,11,13H2,(H,23,25). The van der Waals surface area contributed by atoms with Crippen molar-refractivity contribution in [1.29, 1.82) is 5.26 Å². The number of amides is 1. The number of nitrogens with one attached hydrogen (secondary N) is 1. The summed E-state index contributed by atoms with van der Waals surface area (Å²) in [7, 11) is 0. The Balaban J connectivity index is 1.78. The van der Waals surface area contributed by atoms with Gasteiger partial charge < -0.3 is 5.32 Å². The summed E-state index contributed by atoms with van der Waals surface area (Å²) in [6.07, 6.45) is 2.02. The molecule has 1 aliphatic carbocycles. The van der Waals surface area contributed by atoms with Crippen LogP contribution in [0.2, 0.25) is 5.02 Å². The third-order valence-corrected chi connectivity index (χ3v) is 4.46. The minimum atomic E-state index is -0.253. The van der Waals surface area contributed by atoms with Gasteiger partial charge in [0.2, 0.25) is 5.91 Å². The lowest BCUT2D eigenvalue weighted by Gasteiger charge is -2.18. The molecule has 0 aliphatic heterocycles. The second-order valence-electron chi connectivity index (χ2n) is 6.23. The predicted octanol–water partition coefficient (Wildman–Crippen LogP) is 3.50. The van der Waals surface area contributed by atoms with E-state index in [-0.39, 0.29) is 24.8 Å². The molecule has 6 heteroatoms. The van der Waals surface area contributed by atoms with Crippen LogP contribution in [0.3, 0.4) is 0 Å². The topological polar surface area (TPSA) is 73.2 Å². The van der Waals surface area contributed by atoms with Crippen LogP contribution in [0, 0.1) is 11.3 Å². The lowest BCUT2D eigenvalue weighted by Crippen LogP contribution is -2.35. The van der Waals surface area contributed by atoms with Gasteiger partial charge in [-0.15, -0.1) is 0 Å². The first-order valence-corrected chi connectivity index (χ1v) is 8.76. The van der Waals surface area contributed by atoms with Crippen LogP contribution in [-0.4, -0.2) is 35.7 Å². The maximum absolute atomic E-state index is 12.8. The summed E-state index contributed by atoms with van der Waals surface area (Å²) in [5.41, 5.74) is 1.28. The molecule has 0 spiro atoms. The van der Waals surface area contributed by atoms with Crippen molar-refractivity contribution in [2.75, 3.05) is 18.4 Å². The maximum atomic E-state index is 12.8. The smallest absolute Gasteiger partial charge is 0.238 e. The van der Waals surface area contributed by atoms with Crippen molar-refractivity contribution in [1.82, 2.24) is 4.90 Å². The van der Waals surface area contributed by atoms with Gasteiger partial charge in [0.05, 0.1) is 24.8 Å². The molecule has 1 amide bonds. The highest BCUT2D eigenvalue weighted by molar-refractivity contribution is 6.31. The highest BCUT2D eigenvalue weighted by atomic mass is 35.5. The molecule has 0 aromatic heterocycles. The number of anilines is 1. The molecule has 0 atom stereocenters. The largest absolute Gasteiger partial charge is 0.324 e. The highest BCUT2D eigenvalue weighted by Gasteiger charge is 2.30. The fraction of sp³-hybridized carbons (Fsp3) is 0.250. The molecule has 0 radical (unpaired) electrons. The zero-order valence-corrected chi connectivity index (χ0v) is 14.9. The van der Waals surface area contributed by atoms with Crippen molar-refractivity contribution >= 4 is 29.0 Å². The number of halogens is 1. The van der Waals surface area contributed by atoms with Gasteiger partial charge in [-0.3, -0.25) is 14.5 Å². The van der Waals surface area contributed by atoms with E-state index in [0.717, 1.165) is 12.8 Å². The van der Waals surface area contributed by atoms with Crippen molar-refractivity contribution in [3.63, 3.8) is 0 Å². The minimum absolute atomic E-state index is 0.125. The number of hydrogen-bond donors (Lipinski definition) is 1. The van der Waals surface area contributed by atoms with Gasteiger partial charge in [0.1, 0.15) is 0 Å². The summed E-state index contributed by atoms with van der Waals surface area (Å²) in [6, 6.07) is 16.0. The van der Waals surface area contributed by atoms with E-state index in [1.807, 2.05) is 11.0 Å². The quantitative estimate of drug-likeness (QED) is 0.600. The van der Waals surface area contributed by atoms with Gasteiger partial charge in [0.15, 0.2) is 5.78 Å². The number of rotatable bonds is 7. The Morgan fingerprint density at radius 3 is 2.58 bits per heavy atom. The number of nitriles is 1. The molecule has 0 heterocycles. The van der Waals surface area contributed by atoms with Gasteiger partial charge in [0.25, 0.3) is 0 Å². The molecule has 132 valence electrons. The van der Waals surface area contributed by atoms with Crippen LogP contribution in [0.25, 0.3) is 0 Å². The monoisotopic (exact) mass is 367 g/mol. The van der Waals surface area contributed by atoms with Crippen molar-refractivity contribution in [3.05, 3.63) is 64.7 Å². The van der Waals surface area contributed by atoms with E-state index in [9.17, 15) is 9.59 Å². The van der Waals surface area contributed by atoms with E-state index < -0.39 is 0 Å². The Hall–Kier alpha value is -2.68. The summed E-state index contributed by atoms with van der Waals surface area (Å²) in [5, 5.41) is 12.1. The first-order chi connectivity index (χ1) is 12.6. The molecular weight excluding hydrogens is 350 g/mol. The lowest BCUT2D eigenvalue weighted by molar-refractivity contribution is -0.117. The van der Waals surface area contributed by atoms with E-state index in [4.69, 9.17) is 16.9 Å².